The highest BCUT2D eigenvalue weighted by molar-refractivity contribution is 5.29. The Kier molecular flexibility index (Phi) is 5.16. The van der Waals surface area contributed by atoms with Crippen molar-refractivity contribution in [3.05, 3.63) is 60.6 Å². The van der Waals surface area contributed by atoms with E-state index in [4.69, 9.17) is 14.6 Å². The van der Waals surface area contributed by atoms with Crippen molar-refractivity contribution >= 4 is 0 Å². The Balaban J connectivity index is 2.81. The minimum absolute atomic E-state index is 0.00299. The molecular weight excluding hydrogens is 204 g/mol. The first-order valence-corrected chi connectivity index (χ1v) is 4.97. The van der Waals surface area contributed by atoms with Gasteiger partial charge in [0.1, 0.15) is 13.2 Å². The molecule has 1 N–H and O–H groups in total. The fourth-order valence-electron chi connectivity index (χ4n) is 1.41. The van der Waals surface area contributed by atoms with Gasteiger partial charge in [-0.05, 0) is 22.8 Å². The van der Waals surface area contributed by atoms with E-state index in [1.807, 2.05) is 18.2 Å². The zero-order chi connectivity index (χ0) is 11.8. The lowest BCUT2D eigenvalue weighted by Gasteiger charge is -2.08. The number of hydrogen-bond donors (Lipinski definition) is 1. The number of benzene rings is 1. The van der Waals surface area contributed by atoms with Gasteiger partial charge in [-0.3, -0.25) is 0 Å². The van der Waals surface area contributed by atoms with Gasteiger partial charge in [0, 0.05) is 0 Å². The lowest BCUT2D eigenvalue weighted by molar-refractivity contribution is 0.231. The predicted molar refractivity (Wildman–Crippen MR) is 62.3 cm³/mol. The molecule has 0 unspecified atom stereocenters. The highest BCUT2D eigenvalue weighted by Gasteiger charge is 2.01. The fourth-order valence-corrected chi connectivity index (χ4v) is 1.41. The zero-order valence-corrected chi connectivity index (χ0v) is 9.19. The van der Waals surface area contributed by atoms with Gasteiger partial charge in [-0.15, -0.1) is 0 Å². The zero-order valence-electron chi connectivity index (χ0n) is 9.19. The van der Waals surface area contributed by atoms with Gasteiger partial charge in [0.05, 0.1) is 19.1 Å². The maximum Gasteiger partial charge on any atom is 0.112 e. The molecule has 0 bridgehead atoms. The number of aliphatic hydroxyl groups excluding tert-OH is 1. The highest BCUT2D eigenvalue weighted by Crippen LogP contribution is 2.13. The highest BCUT2D eigenvalue weighted by atomic mass is 16.5. The van der Waals surface area contributed by atoms with Crippen molar-refractivity contribution in [1.82, 2.24) is 0 Å². The molecule has 3 nitrogen and oxygen atoms in total. The van der Waals surface area contributed by atoms with Crippen molar-refractivity contribution in [1.29, 1.82) is 0 Å². The minimum atomic E-state index is 0.00299. The van der Waals surface area contributed by atoms with Crippen LogP contribution in [0.5, 0.6) is 0 Å². The monoisotopic (exact) mass is 220 g/mol. The van der Waals surface area contributed by atoms with E-state index in [1.165, 1.54) is 12.5 Å². The Morgan fingerprint density at radius 3 is 1.75 bits per heavy atom. The van der Waals surface area contributed by atoms with Crippen molar-refractivity contribution < 1.29 is 14.6 Å². The molecule has 0 saturated carbocycles. The lowest BCUT2D eigenvalue weighted by Crippen LogP contribution is -1.95. The summed E-state index contributed by atoms with van der Waals surface area (Å²) in [4.78, 5) is 0. The molecule has 1 aromatic rings. The summed E-state index contributed by atoms with van der Waals surface area (Å²) in [5, 5.41) is 9.12. The predicted octanol–water partition coefficient (Wildman–Crippen LogP) is 2.50. The van der Waals surface area contributed by atoms with E-state index in [-0.39, 0.29) is 6.61 Å². The molecule has 0 amide bonds. The normalized spacial score (nSPS) is 9.56. The van der Waals surface area contributed by atoms with E-state index in [2.05, 4.69) is 13.2 Å². The largest absolute Gasteiger partial charge is 0.497 e. The maximum absolute atomic E-state index is 9.12. The fraction of sp³-hybridized carbons (Fsp3) is 0.231. The summed E-state index contributed by atoms with van der Waals surface area (Å²) in [6.45, 7) is 7.85. The van der Waals surface area contributed by atoms with Gasteiger partial charge >= 0.3 is 0 Å². The molecule has 0 fully saturated rings. The van der Waals surface area contributed by atoms with Crippen LogP contribution in [0.15, 0.2) is 43.9 Å². The van der Waals surface area contributed by atoms with Gasteiger partial charge < -0.3 is 14.6 Å². The quantitative estimate of drug-likeness (QED) is 0.717. The molecular formula is C13H16O3. The summed E-state index contributed by atoms with van der Waals surface area (Å²) in [6.07, 6.45) is 2.79. The molecule has 0 heterocycles. The standard InChI is InChI=1S/C13H16O3/c1-3-15-9-12-5-11(8-14)6-13(7-12)10-16-4-2/h3-7,14H,1-2,8-10H2. The Morgan fingerprint density at radius 1 is 0.938 bits per heavy atom. The Morgan fingerprint density at radius 2 is 1.38 bits per heavy atom. The van der Waals surface area contributed by atoms with Crippen LogP contribution in [0.4, 0.5) is 0 Å². The van der Waals surface area contributed by atoms with Crippen LogP contribution in [0.1, 0.15) is 16.7 Å². The average molecular weight is 220 g/mol. The van der Waals surface area contributed by atoms with Crippen LogP contribution < -0.4 is 0 Å². The summed E-state index contributed by atoms with van der Waals surface area (Å²) in [7, 11) is 0. The van der Waals surface area contributed by atoms with Crippen LogP contribution in [-0.4, -0.2) is 5.11 Å². The summed E-state index contributed by atoms with van der Waals surface area (Å²) < 4.78 is 10.2. The molecule has 0 aliphatic heterocycles. The van der Waals surface area contributed by atoms with Gasteiger partial charge in [-0.25, -0.2) is 0 Å². The van der Waals surface area contributed by atoms with E-state index in [0.29, 0.717) is 13.2 Å². The second-order valence-electron chi connectivity index (χ2n) is 3.27. The summed E-state index contributed by atoms with van der Waals surface area (Å²) in [6, 6.07) is 5.74. The molecule has 3 heteroatoms. The van der Waals surface area contributed by atoms with Crippen LogP contribution >= 0.6 is 0 Å². The Hall–Kier alpha value is -1.74. The van der Waals surface area contributed by atoms with Gasteiger partial charge in [-0.2, -0.15) is 0 Å². The second-order valence-corrected chi connectivity index (χ2v) is 3.27. The first kappa shape index (κ1) is 12.3. The summed E-state index contributed by atoms with van der Waals surface area (Å²) >= 11 is 0. The van der Waals surface area contributed by atoms with Crippen molar-refractivity contribution in [2.75, 3.05) is 0 Å². The number of hydrogen-bond acceptors (Lipinski definition) is 3. The molecule has 0 radical (unpaired) electrons. The minimum Gasteiger partial charge on any atom is -0.497 e. The van der Waals surface area contributed by atoms with Crippen LogP contribution in [-0.2, 0) is 29.3 Å². The molecule has 16 heavy (non-hydrogen) atoms. The lowest BCUT2D eigenvalue weighted by atomic mass is 10.1. The van der Waals surface area contributed by atoms with E-state index in [0.717, 1.165) is 16.7 Å². The van der Waals surface area contributed by atoms with Crippen LogP contribution in [0.25, 0.3) is 0 Å². The maximum atomic E-state index is 9.12. The van der Waals surface area contributed by atoms with E-state index in [1.54, 1.807) is 0 Å². The molecule has 0 aliphatic rings. The smallest absolute Gasteiger partial charge is 0.112 e. The van der Waals surface area contributed by atoms with Gasteiger partial charge in [0.25, 0.3) is 0 Å². The molecule has 0 atom stereocenters. The van der Waals surface area contributed by atoms with Crippen LogP contribution in [0, 0.1) is 0 Å². The number of aliphatic hydroxyl groups is 1. The second kappa shape index (κ2) is 6.69. The number of ether oxygens (including phenoxy) is 2. The molecule has 86 valence electrons. The van der Waals surface area contributed by atoms with E-state index in [9.17, 15) is 0 Å². The molecule has 0 aromatic heterocycles. The molecule has 0 saturated heterocycles. The third kappa shape index (κ3) is 3.79. The van der Waals surface area contributed by atoms with Gasteiger partial charge in [0.2, 0.25) is 0 Å². The van der Waals surface area contributed by atoms with Crippen molar-refractivity contribution in [2.24, 2.45) is 0 Å². The first-order valence-electron chi connectivity index (χ1n) is 4.97. The van der Waals surface area contributed by atoms with Crippen LogP contribution in [0.3, 0.4) is 0 Å². The first-order chi connectivity index (χ1) is 7.80. The SMILES string of the molecule is C=COCc1cc(CO)cc(COC=C)c1. The molecule has 1 aromatic carbocycles. The van der Waals surface area contributed by atoms with Gasteiger partial charge in [0.15, 0.2) is 0 Å². The molecule has 1 rings (SSSR count). The Bertz CT molecular complexity index is 328. The van der Waals surface area contributed by atoms with Crippen molar-refractivity contribution in [3.8, 4) is 0 Å². The summed E-state index contributed by atoms with van der Waals surface area (Å²) in [5.74, 6) is 0. The average Bonchev–Trinajstić information content (AvgIpc) is 2.33. The van der Waals surface area contributed by atoms with Crippen LogP contribution in [0.2, 0.25) is 0 Å². The number of rotatable bonds is 7. The topological polar surface area (TPSA) is 38.7 Å². The van der Waals surface area contributed by atoms with Gasteiger partial charge in [-0.1, -0.05) is 25.3 Å². The van der Waals surface area contributed by atoms with Crippen molar-refractivity contribution in [2.45, 2.75) is 19.8 Å². The third-order valence-electron chi connectivity index (χ3n) is 2.03. The van der Waals surface area contributed by atoms with E-state index < -0.39 is 0 Å². The molecule has 0 aliphatic carbocycles. The summed E-state index contributed by atoms with van der Waals surface area (Å²) in [5.41, 5.74) is 2.80. The Labute approximate surface area is 95.6 Å². The van der Waals surface area contributed by atoms with E-state index >= 15 is 0 Å². The molecule has 0 spiro atoms. The van der Waals surface area contributed by atoms with Crippen molar-refractivity contribution in [3.63, 3.8) is 0 Å². The third-order valence-corrected chi connectivity index (χ3v) is 2.03.